The topological polar surface area (TPSA) is 69.6 Å². The van der Waals surface area contributed by atoms with Crippen LogP contribution in [0.5, 0.6) is 0 Å². The molecule has 7 heteroatoms. The second-order valence-corrected chi connectivity index (χ2v) is 8.41. The van der Waals surface area contributed by atoms with Gasteiger partial charge in [-0.05, 0) is 30.7 Å². The van der Waals surface area contributed by atoms with Crippen molar-refractivity contribution in [2.45, 2.75) is 13.5 Å². The van der Waals surface area contributed by atoms with Crippen molar-refractivity contribution in [1.29, 1.82) is 0 Å². The van der Waals surface area contributed by atoms with Gasteiger partial charge in [-0.15, -0.1) is 0 Å². The smallest absolute Gasteiger partial charge is 0.255 e. The highest BCUT2D eigenvalue weighted by molar-refractivity contribution is 5.96. The molecule has 2 aliphatic heterocycles. The van der Waals surface area contributed by atoms with Crippen LogP contribution in [0.3, 0.4) is 0 Å². The number of pyridine rings is 2. The summed E-state index contributed by atoms with van der Waals surface area (Å²) in [5, 5.41) is 0. The highest BCUT2D eigenvalue weighted by Gasteiger charge is 2.58. The van der Waals surface area contributed by atoms with Crippen LogP contribution in [0.15, 0.2) is 42.9 Å². The van der Waals surface area contributed by atoms with E-state index < -0.39 is 5.41 Å². The lowest BCUT2D eigenvalue weighted by molar-refractivity contribution is -0.139. The number of carbonyl (C=O) groups excluding carboxylic acids is 2. The van der Waals surface area contributed by atoms with Gasteiger partial charge in [0, 0.05) is 77.0 Å². The maximum Gasteiger partial charge on any atom is 0.255 e. The number of hydrogen-bond acceptors (Lipinski definition) is 5. The molecule has 0 aliphatic carbocycles. The quantitative estimate of drug-likeness (QED) is 0.786. The van der Waals surface area contributed by atoms with Crippen LogP contribution in [-0.2, 0) is 11.3 Å². The van der Waals surface area contributed by atoms with Crippen molar-refractivity contribution in [2.24, 2.45) is 11.3 Å². The summed E-state index contributed by atoms with van der Waals surface area (Å²) in [6.07, 6.45) is 5.33. The summed E-state index contributed by atoms with van der Waals surface area (Å²) in [5.74, 6) is 0.194. The minimum Gasteiger partial charge on any atom is -0.348 e. The van der Waals surface area contributed by atoms with Gasteiger partial charge >= 0.3 is 0 Å². The Labute approximate surface area is 171 Å². The standard InChI is InChI=1S/C22H27N5O2/c1-16-19(7-5-9-24-16)20(28)27-13-18-12-26(11-17-6-4-8-23-10-17)14-22(18,15-27)21(29)25(2)3/h4-10,18H,11-15H2,1-3H3. The van der Waals surface area contributed by atoms with Crippen LogP contribution in [0.1, 0.15) is 21.6 Å². The normalized spacial score (nSPS) is 23.8. The van der Waals surface area contributed by atoms with Gasteiger partial charge in [-0.1, -0.05) is 6.07 Å². The average Bonchev–Trinajstić information content (AvgIpc) is 3.22. The molecule has 0 N–H and O–H groups in total. The van der Waals surface area contributed by atoms with Crippen molar-refractivity contribution in [3.8, 4) is 0 Å². The van der Waals surface area contributed by atoms with Crippen molar-refractivity contribution in [3.63, 3.8) is 0 Å². The molecular formula is C22H27N5O2. The largest absolute Gasteiger partial charge is 0.348 e. The Morgan fingerprint density at radius 1 is 1.17 bits per heavy atom. The summed E-state index contributed by atoms with van der Waals surface area (Å²) in [6.45, 7) is 5.11. The van der Waals surface area contributed by atoms with Crippen molar-refractivity contribution in [2.75, 3.05) is 40.3 Å². The molecule has 2 fully saturated rings. The lowest BCUT2D eigenvalue weighted by atomic mass is 9.80. The third-order valence-corrected chi connectivity index (χ3v) is 6.17. The lowest BCUT2D eigenvalue weighted by Crippen LogP contribution is -2.47. The number of aromatic nitrogens is 2. The number of aryl methyl sites for hydroxylation is 1. The molecule has 0 spiro atoms. The Morgan fingerprint density at radius 3 is 2.66 bits per heavy atom. The molecule has 2 aromatic rings. The van der Waals surface area contributed by atoms with E-state index in [9.17, 15) is 9.59 Å². The van der Waals surface area contributed by atoms with Gasteiger partial charge in [0.05, 0.1) is 11.0 Å². The van der Waals surface area contributed by atoms with Crippen LogP contribution in [0, 0.1) is 18.3 Å². The zero-order valence-corrected chi connectivity index (χ0v) is 17.2. The molecule has 7 nitrogen and oxygen atoms in total. The minimum atomic E-state index is -0.558. The molecule has 152 valence electrons. The number of nitrogens with zero attached hydrogens (tertiary/aromatic N) is 5. The first-order valence-electron chi connectivity index (χ1n) is 9.94. The molecule has 0 saturated carbocycles. The van der Waals surface area contributed by atoms with E-state index >= 15 is 0 Å². The van der Waals surface area contributed by atoms with Crippen molar-refractivity contribution < 1.29 is 9.59 Å². The summed E-state index contributed by atoms with van der Waals surface area (Å²) >= 11 is 0. The van der Waals surface area contributed by atoms with Crippen molar-refractivity contribution in [3.05, 3.63) is 59.7 Å². The Balaban J connectivity index is 1.57. The summed E-state index contributed by atoms with van der Waals surface area (Å²) in [4.78, 5) is 40.7. The summed E-state index contributed by atoms with van der Waals surface area (Å²) in [7, 11) is 3.60. The second-order valence-electron chi connectivity index (χ2n) is 8.41. The molecule has 2 atom stereocenters. The molecule has 29 heavy (non-hydrogen) atoms. The lowest BCUT2D eigenvalue weighted by Gasteiger charge is -2.31. The van der Waals surface area contributed by atoms with Crippen LogP contribution < -0.4 is 0 Å². The highest BCUT2D eigenvalue weighted by atomic mass is 16.2. The van der Waals surface area contributed by atoms with Crippen LogP contribution in [-0.4, -0.2) is 76.8 Å². The predicted octanol–water partition coefficient (Wildman–Crippen LogP) is 1.45. The van der Waals surface area contributed by atoms with Crippen LogP contribution >= 0.6 is 0 Å². The Kier molecular flexibility index (Phi) is 5.08. The SMILES string of the molecule is Cc1ncccc1C(=O)N1CC2CN(Cc3cccnc3)CC2(C(=O)N(C)C)C1. The van der Waals surface area contributed by atoms with Gasteiger partial charge in [-0.2, -0.15) is 0 Å². The zero-order valence-electron chi connectivity index (χ0n) is 17.2. The maximum absolute atomic E-state index is 13.3. The number of hydrogen-bond donors (Lipinski definition) is 0. The number of rotatable bonds is 4. The van der Waals surface area contributed by atoms with Crippen LogP contribution in [0.25, 0.3) is 0 Å². The molecule has 0 aromatic carbocycles. The highest BCUT2D eigenvalue weighted by Crippen LogP contribution is 2.44. The minimum absolute atomic E-state index is 0.0326. The Bertz CT molecular complexity index is 916. The van der Waals surface area contributed by atoms with Crippen LogP contribution in [0.4, 0.5) is 0 Å². The van der Waals surface area contributed by atoms with Crippen molar-refractivity contribution in [1.82, 2.24) is 24.7 Å². The fourth-order valence-electron chi connectivity index (χ4n) is 4.82. The monoisotopic (exact) mass is 393 g/mol. The fraction of sp³-hybridized carbons (Fsp3) is 0.455. The number of fused-ring (bicyclic) bond motifs is 1. The molecule has 4 rings (SSSR count). The van der Waals surface area contributed by atoms with Crippen molar-refractivity contribution >= 4 is 11.8 Å². The molecule has 0 bridgehead atoms. The van der Waals surface area contributed by atoms with Gasteiger partial charge in [0.25, 0.3) is 5.91 Å². The first kappa shape index (κ1) is 19.5. The molecule has 2 unspecified atom stereocenters. The zero-order chi connectivity index (χ0) is 20.6. The van der Waals surface area contributed by atoms with E-state index in [1.54, 1.807) is 37.5 Å². The van der Waals surface area contributed by atoms with E-state index in [1.807, 2.05) is 30.2 Å². The summed E-state index contributed by atoms with van der Waals surface area (Å²) in [5.41, 5.74) is 1.92. The van der Waals surface area contributed by atoms with Gasteiger partial charge in [-0.25, -0.2) is 0 Å². The Morgan fingerprint density at radius 2 is 1.97 bits per heavy atom. The first-order chi connectivity index (χ1) is 13.9. The molecule has 2 saturated heterocycles. The van der Waals surface area contributed by atoms with Gasteiger partial charge in [0.15, 0.2) is 0 Å². The third kappa shape index (κ3) is 3.51. The van der Waals surface area contributed by atoms with E-state index in [4.69, 9.17) is 0 Å². The number of likely N-dealkylation sites (tertiary alicyclic amines) is 2. The molecule has 0 radical (unpaired) electrons. The first-order valence-corrected chi connectivity index (χ1v) is 9.94. The summed E-state index contributed by atoms with van der Waals surface area (Å²) in [6, 6.07) is 7.59. The third-order valence-electron chi connectivity index (χ3n) is 6.17. The molecule has 2 aromatic heterocycles. The molecule has 4 heterocycles. The van der Waals surface area contributed by atoms with E-state index in [1.165, 1.54) is 0 Å². The summed E-state index contributed by atoms with van der Waals surface area (Å²) < 4.78 is 0. The fourth-order valence-corrected chi connectivity index (χ4v) is 4.82. The maximum atomic E-state index is 13.3. The molecule has 2 aliphatic rings. The van der Waals surface area contributed by atoms with Gasteiger partial charge in [-0.3, -0.25) is 24.5 Å². The van der Waals surface area contributed by atoms with Gasteiger partial charge < -0.3 is 9.80 Å². The Hall–Kier alpha value is -2.80. The molecular weight excluding hydrogens is 366 g/mol. The second kappa shape index (κ2) is 7.55. The van der Waals surface area contributed by atoms with E-state index in [-0.39, 0.29) is 17.7 Å². The van der Waals surface area contributed by atoms with E-state index in [0.717, 1.165) is 24.3 Å². The van der Waals surface area contributed by atoms with E-state index in [2.05, 4.69) is 20.9 Å². The van der Waals surface area contributed by atoms with Gasteiger partial charge in [0.1, 0.15) is 0 Å². The number of carbonyl (C=O) groups is 2. The average molecular weight is 393 g/mol. The predicted molar refractivity (Wildman–Crippen MR) is 109 cm³/mol. The van der Waals surface area contributed by atoms with E-state index in [0.29, 0.717) is 25.2 Å². The number of amides is 2. The molecule has 2 amide bonds. The van der Waals surface area contributed by atoms with Gasteiger partial charge in [0.2, 0.25) is 5.91 Å². The van der Waals surface area contributed by atoms with Crippen LogP contribution in [0.2, 0.25) is 0 Å².